The van der Waals surface area contributed by atoms with Crippen LogP contribution in [0.2, 0.25) is 0 Å². The first-order valence-corrected chi connectivity index (χ1v) is 10.1. The van der Waals surface area contributed by atoms with E-state index >= 15 is 0 Å². The minimum Gasteiger partial charge on any atom is -0.367 e. The molecule has 0 amide bonds. The molecule has 0 bridgehead atoms. The third-order valence-electron chi connectivity index (χ3n) is 5.56. The van der Waals surface area contributed by atoms with E-state index in [0.717, 1.165) is 60.7 Å². The second-order valence-electron chi connectivity index (χ2n) is 7.67. The Balaban J connectivity index is 1.40. The number of hydrogen-bond donors (Lipinski definition) is 1. The summed E-state index contributed by atoms with van der Waals surface area (Å²) in [6.07, 6.45) is 5.64. The van der Waals surface area contributed by atoms with Gasteiger partial charge in [-0.1, -0.05) is 12.1 Å². The van der Waals surface area contributed by atoms with Crippen LogP contribution in [0.3, 0.4) is 0 Å². The Hall–Kier alpha value is -2.86. The van der Waals surface area contributed by atoms with Crippen LogP contribution in [0.5, 0.6) is 0 Å². The second-order valence-corrected chi connectivity index (χ2v) is 7.67. The fourth-order valence-electron chi connectivity index (χ4n) is 3.67. The van der Waals surface area contributed by atoms with Gasteiger partial charge in [0.25, 0.3) is 0 Å². The van der Waals surface area contributed by atoms with Crippen LogP contribution in [-0.2, 0) is 6.54 Å². The molecule has 5 nitrogen and oxygen atoms in total. The van der Waals surface area contributed by atoms with E-state index in [4.69, 9.17) is 4.98 Å². The minimum atomic E-state index is -0.183. The van der Waals surface area contributed by atoms with E-state index in [1.54, 1.807) is 12.4 Å². The number of anilines is 1. The average molecular weight is 391 g/mol. The Morgan fingerprint density at radius 1 is 1.07 bits per heavy atom. The predicted octanol–water partition coefficient (Wildman–Crippen LogP) is 4.37. The third-order valence-corrected chi connectivity index (χ3v) is 5.56. The van der Waals surface area contributed by atoms with E-state index in [1.165, 1.54) is 12.1 Å². The van der Waals surface area contributed by atoms with Gasteiger partial charge in [0.2, 0.25) is 0 Å². The fraction of sp³-hybridized carbons (Fsp3) is 0.348. The topological polar surface area (TPSA) is 53.9 Å². The monoisotopic (exact) mass is 391 g/mol. The van der Waals surface area contributed by atoms with E-state index in [9.17, 15) is 4.39 Å². The lowest BCUT2D eigenvalue weighted by molar-refractivity contribution is 0.211. The van der Waals surface area contributed by atoms with E-state index in [-0.39, 0.29) is 5.82 Å². The Kier molecular flexibility index (Phi) is 5.81. The van der Waals surface area contributed by atoms with Crippen molar-refractivity contribution in [3.63, 3.8) is 0 Å². The quantitative estimate of drug-likeness (QED) is 0.700. The standard InChI is InChI=1S/C23H26FN5/c1-16-17(2)26-23(19-4-3-11-25-14-19)28-22(16)27-21-9-12-29(13-10-21)15-18-5-7-20(24)8-6-18/h3-8,11,14,21H,9-10,12-13,15H2,1-2H3,(H,26,27,28). The number of nitrogens with zero attached hydrogens (tertiary/aromatic N) is 4. The molecule has 1 fully saturated rings. The summed E-state index contributed by atoms with van der Waals surface area (Å²) in [5, 5.41) is 3.64. The molecule has 1 saturated heterocycles. The summed E-state index contributed by atoms with van der Waals surface area (Å²) in [6.45, 7) is 6.97. The van der Waals surface area contributed by atoms with Crippen LogP contribution in [-0.4, -0.2) is 39.0 Å². The van der Waals surface area contributed by atoms with Gasteiger partial charge in [0.15, 0.2) is 5.82 Å². The van der Waals surface area contributed by atoms with Crippen LogP contribution in [0.25, 0.3) is 11.4 Å². The maximum Gasteiger partial charge on any atom is 0.163 e. The van der Waals surface area contributed by atoms with Crippen molar-refractivity contribution in [1.82, 2.24) is 19.9 Å². The highest BCUT2D eigenvalue weighted by molar-refractivity contribution is 5.58. The lowest BCUT2D eigenvalue weighted by atomic mass is 10.0. The molecule has 3 aromatic rings. The van der Waals surface area contributed by atoms with Gasteiger partial charge in [0, 0.05) is 54.9 Å². The molecule has 0 aliphatic carbocycles. The van der Waals surface area contributed by atoms with Crippen LogP contribution in [0, 0.1) is 19.7 Å². The van der Waals surface area contributed by atoms with Gasteiger partial charge in [-0.3, -0.25) is 9.88 Å². The second kappa shape index (κ2) is 8.66. The zero-order valence-electron chi connectivity index (χ0n) is 16.9. The first kappa shape index (κ1) is 19.5. The number of piperidine rings is 1. The van der Waals surface area contributed by atoms with Crippen molar-refractivity contribution in [2.75, 3.05) is 18.4 Å². The zero-order chi connectivity index (χ0) is 20.2. The largest absolute Gasteiger partial charge is 0.367 e. The lowest BCUT2D eigenvalue weighted by Gasteiger charge is -2.33. The molecule has 1 aliphatic rings. The summed E-state index contributed by atoms with van der Waals surface area (Å²) in [5.74, 6) is 1.43. The van der Waals surface area contributed by atoms with Crippen molar-refractivity contribution in [3.8, 4) is 11.4 Å². The van der Waals surface area contributed by atoms with Crippen molar-refractivity contribution >= 4 is 5.82 Å². The molecule has 3 heterocycles. The van der Waals surface area contributed by atoms with E-state index in [2.05, 4.69) is 27.1 Å². The molecule has 0 atom stereocenters. The minimum absolute atomic E-state index is 0.183. The SMILES string of the molecule is Cc1nc(-c2cccnc2)nc(NC2CCN(Cc3ccc(F)cc3)CC2)c1C. The molecule has 1 aromatic carbocycles. The van der Waals surface area contributed by atoms with Crippen LogP contribution in [0.1, 0.15) is 29.7 Å². The van der Waals surface area contributed by atoms with Gasteiger partial charge in [-0.15, -0.1) is 0 Å². The summed E-state index contributed by atoms with van der Waals surface area (Å²) in [4.78, 5) is 16.0. The van der Waals surface area contributed by atoms with Crippen LogP contribution >= 0.6 is 0 Å². The number of aryl methyl sites for hydroxylation is 1. The molecule has 6 heteroatoms. The Labute approximate surface area is 171 Å². The number of pyridine rings is 1. The fourth-order valence-corrected chi connectivity index (χ4v) is 3.67. The Bertz CT molecular complexity index is 951. The van der Waals surface area contributed by atoms with Crippen LogP contribution in [0.15, 0.2) is 48.8 Å². The summed E-state index contributed by atoms with van der Waals surface area (Å²) in [6, 6.07) is 11.1. The summed E-state index contributed by atoms with van der Waals surface area (Å²) < 4.78 is 13.1. The summed E-state index contributed by atoms with van der Waals surface area (Å²) in [7, 11) is 0. The molecule has 150 valence electrons. The molecule has 4 rings (SSSR count). The number of rotatable bonds is 5. The number of likely N-dealkylation sites (tertiary alicyclic amines) is 1. The average Bonchev–Trinajstić information content (AvgIpc) is 2.75. The number of aromatic nitrogens is 3. The molecule has 1 N–H and O–H groups in total. The van der Waals surface area contributed by atoms with Crippen molar-refractivity contribution < 1.29 is 4.39 Å². The van der Waals surface area contributed by atoms with Gasteiger partial charge in [0.05, 0.1) is 0 Å². The zero-order valence-corrected chi connectivity index (χ0v) is 16.9. The number of halogens is 1. The van der Waals surface area contributed by atoms with E-state index in [1.807, 2.05) is 31.2 Å². The number of nitrogens with one attached hydrogen (secondary N) is 1. The van der Waals surface area contributed by atoms with Gasteiger partial charge in [-0.2, -0.15) is 0 Å². The molecule has 0 saturated carbocycles. The molecule has 1 aliphatic heterocycles. The smallest absolute Gasteiger partial charge is 0.163 e. The van der Waals surface area contributed by atoms with Crippen LogP contribution < -0.4 is 5.32 Å². The van der Waals surface area contributed by atoms with Gasteiger partial charge < -0.3 is 5.32 Å². The first-order valence-electron chi connectivity index (χ1n) is 10.1. The molecule has 0 unspecified atom stereocenters. The lowest BCUT2D eigenvalue weighted by Crippen LogP contribution is -2.39. The normalized spacial score (nSPS) is 15.4. The van der Waals surface area contributed by atoms with E-state index in [0.29, 0.717) is 11.9 Å². The number of benzene rings is 1. The highest BCUT2D eigenvalue weighted by Crippen LogP contribution is 2.24. The van der Waals surface area contributed by atoms with Gasteiger partial charge in [-0.25, -0.2) is 14.4 Å². The molecule has 0 radical (unpaired) electrons. The van der Waals surface area contributed by atoms with Crippen molar-refractivity contribution in [1.29, 1.82) is 0 Å². The first-order chi connectivity index (χ1) is 14.1. The summed E-state index contributed by atoms with van der Waals surface area (Å²) in [5.41, 5.74) is 4.15. The van der Waals surface area contributed by atoms with Gasteiger partial charge in [-0.05, 0) is 56.5 Å². The van der Waals surface area contributed by atoms with E-state index < -0.39 is 0 Å². The van der Waals surface area contributed by atoms with Crippen molar-refractivity contribution in [2.24, 2.45) is 0 Å². The maximum absolute atomic E-state index is 13.1. The maximum atomic E-state index is 13.1. The Morgan fingerprint density at radius 3 is 2.52 bits per heavy atom. The predicted molar refractivity (Wildman–Crippen MR) is 113 cm³/mol. The van der Waals surface area contributed by atoms with Gasteiger partial charge in [0.1, 0.15) is 11.6 Å². The molecule has 29 heavy (non-hydrogen) atoms. The third kappa shape index (κ3) is 4.77. The molecular weight excluding hydrogens is 365 g/mol. The van der Waals surface area contributed by atoms with Crippen LogP contribution in [0.4, 0.5) is 10.2 Å². The molecule has 2 aromatic heterocycles. The van der Waals surface area contributed by atoms with Crippen molar-refractivity contribution in [2.45, 2.75) is 39.3 Å². The molecular formula is C23H26FN5. The Morgan fingerprint density at radius 2 is 1.83 bits per heavy atom. The van der Waals surface area contributed by atoms with Crippen molar-refractivity contribution in [3.05, 3.63) is 71.4 Å². The van der Waals surface area contributed by atoms with Gasteiger partial charge >= 0.3 is 0 Å². The highest BCUT2D eigenvalue weighted by atomic mass is 19.1. The number of hydrogen-bond acceptors (Lipinski definition) is 5. The molecule has 0 spiro atoms. The highest BCUT2D eigenvalue weighted by Gasteiger charge is 2.21. The summed E-state index contributed by atoms with van der Waals surface area (Å²) >= 11 is 0.